The van der Waals surface area contributed by atoms with Gasteiger partial charge >= 0.3 is 0 Å². The van der Waals surface area contributed by atoms with E-state index in [2.05, 4.69) is 27.8 Å². The summed E-state index contributed by atoms with van der Waals surface area (Å²) < 4.78 is 6.57. The molecule has 1 unspecified atom stereocenters. The van der Waals surface area contributed by atoms with Gasteiger partial charge < -0.3 is 20.5 Å². The summed E-state index contributed by atoms with van der Waals surface area (Å²) in [7, 11) is 1.68. The first-order valence-electron chi connectivity index (χ1n) is 8.19. The predicted molar refractivity (Wildman–Crippen MR) is 117 cm³/mol. The number of aliphatic hydroxyl groups excluding tert-OH is 1. The van der Waals surface area contributed by atoms with E-state index in [-0.39, 0.29) is 29.6 Å². The van der Waals surface area contributed by atoms with E-state index in [0.29, 0.717) is 19.0 Å². The van der Waals surface area contributed by atoms with Crippen LogP contribution < -0.4 is 10.6 Å². The molecule has 2 rings (SSSR count). The topological polar surface area (TPSA) is 65.9 Å². The van der Waals surface area contributed by atoms with Crippen LogP contribution in [0.25, 0.3) is 10.1 Å². The molecular formula is C18H28IN3O2S. The Hall–Kier alpha value is -0.900. The Bertz CT molecular complexity index is 655. The molecule has 25 heavy (non-hydrogen) atoms. The van der Waals surface area contributed by atoms with E-state index in [1.807, 2.05) is 39.0 Å². The summed E-state index contributed by atoms with van der Waals surface area (Å²) in [6.07, 6.45) is -0.568. The smallest absolute Gasteiger partial charge is 0.191 e. The number of benzene rings is 1. The van der Waals surface area contributed by atoms with Crippen molar-refractivity contribution in [1.82, 2.24) is 10.6 Å². The summed E-state index contributed by atoms with van der Waals surface area (Å²) in [5.74, 6) is 0.683. The van der Waals surface area contributed by atoms with Gasteiger partial charge in [0.05, 0.1) is 12.1 Å². The molecule has 0 aliphatic heterocycles. The zero-order valence-corrected chi connectivity index (χ0v) is 18.4. The second-order valence-electron chi connectivity index (χ2n) is 6.24. The Morgan fingerprint density at radius 2 is 2.04 bits per heavy atom. The quantitative estimate of drug-likeness (QED) is 0.324. The number of halogens is 1. The third-order valence-corrected chi connectivity index (χ3v) is 4.97. The van der Waals surface area contributed by atoms with Crippen molar-refractivity contribution < 1.29 is 9.84 Å². The Kier molecular flexibility index (Phi) is 9.12. The lowest BCUT2D eigenvalue weighted by Crippen LogP contribution is -2.40. The van der Waals surface area contributed by atoms with E-state index in [0.717, 1.165) is 11.4 Å². The minimum atomic E-state index is -0.568. The number of hydrogen-bond acceptors (Lipinski definition) is 4. The van der Waals surface area contributed by atoms with E-state index in [1.165, 1.54) is 10.1 Å². The van der Waals surface area contributed by atoms with Crippen molar-refractivity contribution >= 4 is 51.4 Å². The zero-order valence-electron chi connectivity index (χ0n) is 15.2. The number of fused-ring (bicyclic) bond motifs is 1. The van der Waals surface area contributed by atoms with Crippen LogP contribution in [0.15, 0.2) is 35.3 Å². The number of thiophene rings is 1. The molecule has 140 valence electrons. The second kappa shape index (κ2) is 10.3. The van der Waals surface area contributed by atoms with Gasteiger partial charge in [0.25, 0.3) is 0 Å². The molecule has 0 saturated carbocycles. The maximum atomic E-state index is 10.5. The fraction of sp³-hybridized carbons (Fsp3) is 0.500. The summed E-state index contributed by atoms with van der Waals surface area (Å²) in [5, 5.41) is 18.0. The normalized spacial score (nSPS) is 13.4. The first-order valence-corrected chi connectivity index (χ1v) is 9.00. The number of hydrogen-bond donors (Lipinski definition) is 3. The van der Waals surface area contributed by atoms with Crippen LogP contribution in [0.2, 0.25) is 0 Å². The van der Waals surface area contributed by atoms with Gasteiger partial charge in [-0.25, -0.2) is 0 Å². The van der Waals surface area contributed by atoms with Crippen LogP contribution >= 0.6 is 35.3 Å². The van der Waals surface area contributed by atoms with Crippen molar-refractivity contribution in [3.63, 3.8) is 0 Å². The monoisotopic (exact) mass is 477 g/mol. The molecule has 1 heterocycles. The second-order valence-corrected chi connectivity index (χ2v) is 7.36. The number of guanidine groups is 1. The number of aliphatic hydroxyl groups is 1. The molecule has 2 aromatic rings. The van der Waals surface area contributed by atoms with E-state index in [4.69, 9.17) is 4.74 Å². The van der Waals surface area contributed by atoms with Crippen LogP contribution in [0.4, 0.5) is 0 Å². The van der Waals surface area contributed by atoms with E-state index in [9.17, 15) is 5.11 Å². The standard InChI is InChI=1S/C18H27N3O2S.HI/c1-5-19-17(21-12-18(2,3)23-4)20-11-14(22)16-10-13-8-6-7-9-15(13)24-16;/h6-10,14,22H,5,11-12H2,1-4H3,(H2,19,20,21);1H. The summed E-state index contributed by atoms with van der Waals surface area (Å²) in [5.41, 5.74) is -0.313. The van der Waals surface area contributed by atoms with Crippen LogP contribution in [0, 0.1) is 0 Å². The minimum absolute atomic E-state index is 0. The van der Waals surface area contributed by atoms with Gasteiger partial charge in [-0.2, -0.15) is 0 Å². The summed E-state index contributed by atoms with van der Waals surface area (Å²) >= 11 is 1.62. The molecule has 0 bridgehead atoms. The fourth-order valence-corrected chi connectivity index (χ4v) is 3.19. The van der Waals surface area contributed by atoms with Crippen LogP contribution in [-0.4, -0.2) is 43.4 Å². The Morgan fingerprint density at radius 1 is 1.32 bits per heavy atom. The highest BCUT2D eigenvalue weighted by molar-refractivity contribution is 14.0. The van der Waals surface area contributed by atoms with E-state index >= 15 is 0 Å². The highest BCUT2D eigenvalue weighted by atomic mass is 127. The van der Waals surface area contributed by atoms with Gasteiger partial charge in [-0.1, -0.05) is 18.2 Å². The molecular weight excluding hydrogens is 449 g/mol. The Labute approximate surface area is 170 Å². The average molecular weight is 477 g/mol. The molecule has 3 N–H and O–H groups in total. The van der Waals surface area contributed by atoms with Gasteiger partial charge in [0, 0.05) is 29.8 Å². The van der Waals surface area contributed by atoms with Crippen LogP contribution in [0.3, 0.4) is 0 Å². The van der Waals surface area contributed by atoms with Crippen molar-refractivity contribution in [2.24, 2.45) is 4.99 Å². The number of rotatable bonds is 7. The van der Waals surface area contributed by atoms with Crippen molar-refractivity contribution in [3.05, 3.63) is 35.2 Å². The highest BCUT2D eigenvalue weighted by Gasteiger charge is 2.16. The van der Waals surface area contributed by atoms with Gasteiger partial charge in [0.15, 0.2) is 5.96 Å². The van der Waals surface area contributed by atoms with Gasteiger partial charge in [0.1, 0.15) is 6.10 Å². The molecule has 1 aromatic heterocycles. The lowest BCUT2D eigenvalue weighted by molar-refractivity contribution is 0.0310. The molecule has 1 atom stereocenters. The molecule has 0 radical (unpaired) electrons. The largest absolute Gasteiger partial charge is 0.386 e. The van der Waals surface area contributed by atoms with Crippen molar-refractivity contribution in [2.45, 2.75) is 32.5 Å². The molecule has 7 heteroatoms. The predicted octanol–water partition coefficient (Wildman–Crippen LogP) is 3.53. The van der Waals surface area contributed by atoms with Crippen LogP contribution in [-0.2, 0) is 4.74 Å². The maximum absolute atomic E-state index is 10.5. The molecule has 0 amide bonds. The Balaban J connectivity index is 0.00000312. The maximum Gasteiger partial charge on any atom is 0.191 e. The van der Waals surface area contributed by atoms with Gasteiger partial charge in [-0.05, 0) is 38.3 Å². The van der Waals surface area contributed by atoms with E-state index < -0.39 is 6.10 Å². The van der Waals surface area contributed by atoms with Gasteiger partial charge in [-0.15, -0.1) is 35.3 Å². The lowest BCUT2D eigenvalue weighted by atomic mass is 10.1. The number of ether oxygens (including phenoxy) is 1. The average Bonchev–Trinajstić information content (AvgIpc) is 3.01. The zero-order chi connectivity index (χ0) is 17.6. The summed E-state index contributed by atoms with van der Waals surface area (Å²) in [6, 6.07) is 10.2. The minimum Gasteiger partial charge on any atom is -0.386 e. The first-order chi connectivity index (χ1) is 11.4. The molecule has 0 aliphatic rings. The summed E-state index contributed by atoms with van der Waals surface area (Å²) in [6.45, 7) is 7.71. The molecule has 0 fully saturated rings. The summed E-state index contributed by atoms with van der Waals surface area (Å²) in [4.78, 5) is 5.48. The van der Waals surface area contributed by atoms with Crippen LogP contribution in [0.5, 0.6) is 0 Å². The third kappa shape index (κ3) is 6.73. The number of nitrogens with one attached hydrogen (secondary N) is 2. The van der Waals surface area contributed by atoms with Crippen molar-refractivity contribution in [2.75, 3.05) is 26.7 Å². The third-order valence-electron chi connectivity index (χ3n) is 3.75. The van der Waals surface area contributed by atoms with Crippen molar-refractivity contribution in [3.8, 4) is 0 Å². The number of aliphatic imine (C=N–C) groups is 1. The molecule has 0 aliphatic carbocycles. The Morgan fingerprint density at radius 3 is 2.68 bits per heavy atom. The van der Waals surface area contributed by atoms with Gasteiger partial charge in [-0.3, -0.25) is 4.99 Å². The lowest BCUT2D eigenvalue weighted by Gasteiger charge is -2.21. The SMILES string of the molecule is CCNC(=NCC(C)(C)OC)NCC(O)c1cc2ccccc2s1.I. The fourth-order valence-electron chi connectivity index (χ4n) is 2.14. The van der Waals surface area contributed by atoms with Crippen molar-refractivity contribution in [1.29, 1.82) is 0 Å². The highest BCUT2D eigenvalue weighted by Crippen LogP contribution is 2.29. The number of nitrogens with zero attached hydrogens (tertiary/aromatic N) is 1. The number of methoxy groups -OCH3 is 1. The van der Waals surface area contributed by atoms with Gasteiger partial charge in [0.2, 0.25) is 0 Å². The molecule has 0 spiro atoms. The van der Waals surface area contributed by atoms with Crippen LogP contribution in [0.1, 0.15) is 31.8 Å². The van der Waals surface area contributed by atoms with E-state index in [1.54, 1.807) is 18.4 Å². The molecule has 0 saturated heterocycles. The molecule has 5 nitrogen and oxygen atoms in total. The molecule has 1 aromatic carbocycles. The first kappa shape index (κ1) is 22.1.